The van der Waals surface area contributed by atoms with E-state index in [1.807, 2.05) is 37.3 Å². The molecule has 3 nitrogen and oxygen atoms in total. The summed E-state index contributed by atoms with van der Waals surface area (Å²) in [5.41, 5.74) is 20.8. The second-order valence-electron chi connectivity index (χ2n) is 11.3. The Labute approximate surface area is 263 Å². The zero-order chi connectivity index (χ0) is 30.8. The Hall–Kier alpha value is -5.80. The van der Waals surface area contributed by atoms with Gasteiger partial charge in [0.15, 0.2) is 0 Å². The number of hydrogen-bond donors (Lipinski definition) is 2. The largest absolute Gasteiger partial charge is 0.405 e. The topological polar surface area (TPSA) is 57.0 Å². The van der Waals surface area contributed by atoms with Gasteiger partial charge in [0.05, 0.1) is 16.7 Å². The zero-order valence-corrected chi connectivity index (χ0v) is 25.3. The summed E-state index contributed by atoms with van der Waals surface area (Å²) < 4.78 is 2.47. The van der Waals surface area contributed by atoms with Crippen molar-refractivity contribution < 1.29 is 0 Å². The summed E-state index contributed by atoms with van der Waals surface area (Å²) in [5.74, 6) is 0. The monoisotopic (exact) mass is 581 g/mol. The molecule has 45 heavy (non-hydrogen) atoms. The van der Waals surface area contributed by atoms with Gasteiger partial charge >= 0.3 is 0 Å². The van der Waals surface area contributed by atoms with Crippen molar-refractivity contribution in [3.63, 3.8) is 0 Å². The highest BCUT2D eigenvalue weighted by Crippen LogP contribution is 2.39. The van der Waals surface area contributed by atoms with Crippen LogP contribution in [-0.4, -0.2) is 4.57 Å². The van der Waals surface area contributed by atoms with Crippen molar-refractivity contribution in [2.75, 3.05) is 0 Å². The highest BCUT2D eigenvalue weighted by Gasteiger charge is 2.17. The fraction of sp³-hybridized carbons (Fsp3) is 0.0476. The van der Waals surface area contributed by atoms with E-state index in [9.17, 15) is 0 Å². The van der Waals surface area contributed by atoms with E-state index in [2.05, 4.69) is 126 Å². The fourth-order valence-corrected chi connectivity index (χ4v) is 6.34. The van der Waals surface area contributed by atoms with Gasteiger partial charge in [0.2, 0.25) is 0 Å². The summed E-state index contributed by atoms with van der Waals surface area (Å²) in [4.78, 5) is 0. The number of allylic oxidation sites excluding steroid dienone is 6. The van der Waals surface area contributed by atoms with Gasteiger partial charge < -0.3 is 16.0 Å². The first kappa shape index (κ1) is 28.0. The second kappa shape index (κ2) is 12.1. The van der Waals surface area contributed by atoms with E-state index in [1.54, 1.807) is 6.20 Å². The van der Waals surface area contributed by atoms with Gasteiger partial charge in [-0.25, -0.2) is 0 Å². The van der Waals surface area contributed by atoms with Crippen molar-refractivity contribution >= 4 is 49.0 Å². The van der Waals surface area contributed by atoms with Gasteiger partial charge in [0.25, 0.3) is 0 Å². The van der Waals surface area contributed by atoms with Crippen LogP contribution in [0.4, 0.5) is 0 Å². The molecule has 0 radical (unpaired) electrons. The second-order valence-corrected chi connectivity index (χ2v) is 11.3. The smallest absolute Gasteiger partial charge is 0.0619 e. The van der Waals surface area contributed by atoms with Crippen LogP contribution < -0.4 is 11.5 Å². The molecule has 7 aromatic rings. The van der Waals surface area contributed by atoms with Gasteiger partial charge in [-0.1, -0.05) is 121 Å². The van der Waals surface area contributed by atoms with Crippen molar-refractivity contribution in [3.8, 4) is 16.8 Å². The van der Waals surface area contributed by atoms with Gasteiger partial charge in [-0.2, -0.15) is 0 Å². The molecular formula is C42H35N3. The number of hydrogen-bond acceptors (Lipinski definition) is 2. The van der Waals surface area contributed by atoms with Crippen molar-refractivity contribution in [2.45, 2.75) is 13.3 Å². The lowest BCUT2D eigenvalue weighted by Crippen LogP contribution is -1.96. The van der Waals surface area contributed by atoms with Crippen LogP contribution in [-0.2, 0) is 6.42 Å². The minimum Gasteiger partial charge on any atom is -0.405 e. The molecule has 7 rings (SSSR count). The first-order chi connectivity index (χ1) is 22.2. The number of nitrogens with zero attached hydrogens (tertiary/aromatic N) is 1. The van der Waals surface area contributed by atoms with Crippen LogP contribution in [0.3, 0.4) is 0 Å². The third kappa shape index (κ3) is 5.19. The maximum atomic E-state index is 6.27. The molecule has 0 bridgehead atoms. The molecule has 0 unspecified atom stereocenters. The molecule has 0 atom stereocenters. The molecule has 1 aromatic heterocycles. The lowest BCUT2D eigenvalue weighted by Gasteiger charge is -2.14. The minimum absolute atomic E-state index is 0.758. The summed E-state index contributed by atoms with van der Waals surface area (Å²) in [7, 11) is 0. The Morgan fingerprint density at radius 3 is 2.29 bits per heavy atom. The lowest BCUT2D eigenvalue weighted by molar-refractivity contribution is 1.19. The molecule has 0 aliphatic heterocycles. The highest BCUT2D eigenvalue weighted by molar-refractivity contribution is 6.19. The SMILES string of the molecule is C/C=C\C=C(/N)c1ccc(-c2ccc3c(ccc4c5ccc(C/C=C\C=C/N)cc5n(-c5cccc6ccccc56)c34)c2)cc1. The maximum absolute atomic E-state index is 6.27. The number of benzene rings is 6. The van der Waals surface area contributed by atoms with Crippen LogP contribution in [0.2, 0.25) is 0 Å². The van der Waals surface area contributed by atoms with E-state index in [0.29, 0.717) is 0 Å². The predicted octanol–water partition coefficient (Wildman–Crippen LogP) is 10.2. The first-order valence-corrected chi connectivity index (χ1v) is 15.4. The highest BCUT2D eigenvalue weighted by atomic mass is 15.0. The van der Waals surface area contributed by atoms with Gasteiger partial charge in [0.1, 0.15) is 0 Å². The number of aromatic nitrogens is 1. The van der Waals surface area contributed by atoms with Crippen LogP contribution in [0.5, 0.6) is 0 Å². The number of rotatable bonds is 7. The van der Waals surface area contributed by atoms with E-state index in [0.717, 1.165) is 23.2 Å². The molecule has 1 heterocycles. The Morgan fingerprint density at radius 1 is 0.667 bits per heavy atom. The van der Waals surface area contributed by atoms with Crippen molar-refractivity contribution in [1.82, 2.24) is 4.57 Å². The van der Waals surface area contributed by atoms with Crippen molar-refractivity contribution in [1.29, 1.82) is 0 Å². The molecule has 0 spiro atoms. The molecular weight excluding hydrogens is 546 g/mol. The fourth-order valence-electron chi connectivity index (χ4n) is 6.34. The van der Waals surface area contributed by atoms with Crippen LogP contribution in [0.1, 0.15) is 18.1 Å². The molecule has 3 heteroatoms. The van der Waals surface area contributed by atoms with Crippen LogP contribution in [0.15, 0.2) is 158 Å². The van der Waals surface area contributed by atoms with Gasteiger partial charge in [0, 0.05) is 27.2 Å². The van der Waals surface area contributed by atoms with Crippen LogP contribution >= 0.6 is 0 Å². The standard InChI is InChI=1S/C42H35N3/c1-2-3-14-39(44)32-19-17-30(18-20-32)33-21-24-36-34(28-33)22-25-38-37-23-16-29(10-5-4-8-26-43)27-41(37)45(42(36)38)40-15-9-12-31-11-6-7-13-35(31)40/h2-9,11-28H,10,43-44H2,1H3/b3-2-,5-4-,26-8-,39-14-. The minimum atomic E-state index is 0.758. The molecule has 0 saturated heterocycles. The molecule has 0 saturated carbocycles. The van der Waals surface area contributed by atoms with Gasteiger partial charge in [-0.15, -0.1) is 0 Å². The quantitative estimate of drug-likeness (QED) is 0.184. The van der Waals surface area contributed by atoms with Crippen LogP contribution in [0, 0.1) is 0 Å². The van der Waals surface area contributed by atoms with E-state index >= 15 is 0 Å². The Bertz CT molecular complexity index is 2310. The number of fused-ring (bicyclic) bond motifs is 6. The lowest BCUT2D eigenvalue weighted by atomic mass is 9.98. The maximum Gasteiger partial charge on any atom is 0.0619 e. The van der Waals surface area contributed by atoms with E-state index < -0.39 is 0 Å². The molecule has 6 aromatic carbocycles. The van der Waals surface area contributed by atoms with Gasteiger partial charge in [-0.05, 0) is 82.9 Å². The number of nitrogens with two attached hydrogens (primary N) is 2. The van der Waals surface area contributed by atoms with Crippen LogP contribution in [0.25, 0.3) is 65.9 Å². The molecule has 0 aliphatic carbocycles. The first-order valence-electron chi connectivity index (χ1n) is 15.4. The molecule has 0 aliphatic rings. The normalized spacial score (nSPS) is 12.7. The Balaban J connectivity index is 1.43. The predicted molar refractivity (Wildman–Crippen MR) is 194 cm³/mol. The molecule has 218 valence electrons. The summed E-state index contributed by atoms with van der Waals surface area (Å²) >= 11 is 0. The van der Waals surface area contributed by atoms with Crippen molar-refractivity contribution in [2.24, 2.45) is 11.5 Å². The third-order valence-electron chi connectivity index (χ3n) is 8.55. The molecule has 4 N–H and O–H groups in total. The summed E-state index contributed by atoms with van der Waals surface area (Å²) in [6.07, 6.45) is 14.3. The van der Waals surface area contributed by atoms with E-state index in [1.165, 1.54) is 60.2 Å². The average Bonchev–Trinajstić information content (AvgIpc) is 3.42. The van der Waals surface area contributed by atoms with Crippen molar-refractivity contribution in [3.05, 3.63) is 169 Å². The summed E-state index contributed by atoms with van der Waals surface area (Å²) in [6.45, 7) is 1.99. The zero-order valence-electron chi connectivity index (χ0n) is 25.3. The summed E-state index contributed by atoms with van der Waals surface area (Å²) in [5, 5.41) is 7.39. The van der Waals surface area contributed by atoms with E-state index in [-0.39, 0.29) is 0 Å². The molecule has 0 amide bonds. The Kier molecular flexibility index (Phi) is 7.51. The summed E-state index contributed by atoms with van der Waals surface area (Å²) in [6, 6.07) is 41.9. The molecule has 0 fully saturated rings. The Morgan fingerprint density at radius 2 is 1.44 bits per heavy atom. The van der Waals surface area contributed by atoms with E-state index in [4.69, 9.17) is 11.5 Å². The average molecular weight is 582 g/mol. The van der Waals surface area contributed by atoms with Gasteiger partial charge in [-0.3, -0.25) is 0 Å². The third-order valence-corrected chi connectivity index (χ3v) is 8.55.